The van der Waals surface area contributed by atoms with E-state index in [0.29, 0.717) is 29.2 Å². The molecule has 2 aromatic carbocycles. The number of phenolic OH excluding ortho intramolecular Hbond substituents is 1. The quantitative estimate of drug-likeness (QED) is 0.353. The molecule has 0 spiro atoms. The number of halogens is 1. The van der Waals surface area contributed by atoms with E-state index in [2.05, 4.69) is 32.5 Å². The van der Waals surface area contributed by atoms with Gasteiger partial charge in [0.15, 0.2) is 0 Å². The van der Waals surface area contributed by atoms with Gasteiger partial charge < -0.3 is 25.5 Å². The normalized spacial score (nSPS) is 16.0. The predicted octanol–water partition coefficient (Wildman–Crippen LogP) is 3.42. The molecular formula is C30H31ClN6O4. The van der Waals surface area contributed by atoms with Crippen LogP contribution in [-0.4, -0.2) is 95.4 Å². The molecule has 0 saturated carbocycles. The topological polar surface area (TPSA) is 118 Å². The number of amides is 3. The van der Waals surface area contributed by atoms with Gasteiger partial charge in [-0.15, -0.1) is 0 Å². The highest BCUT2D eigenvalue weighted by molar-refractivity contribution is 6.30. The number of nitrogens with zero attached hydrogens (tertiary/aromatic N) is 4. The van der Waals surface area contributed by atoms with Crippen LogP contribution in [0.5, 0.6) is 5.75 Å². The molecule has 1 saturated heterocycles. The Balaban J connectivity index is 1.21. The predicted molar refractivity (Wildman–Crippen MR) is 158 cm³/mol. The number of carbonyl (C=O) groups excluding carboxylic acids is 3. The van der Waals surface area contributed by atoms with Crippen LogP contribution in [0.4, 0.5) is 11.5 Å². The SMILES string of the molecule is CN1CCN(CCN2CC=C(c3ccc(C(=O)Nc4c(O)cccc4C(=O)Nc4ccc(Cl)cn4)cc3)C2=O)CC1. The van der Waals surface area contributed by atoms with E-state index in [9.17, 15) is 19.5 Å². The number of pyridine rings is 1. The summed E-state index contributed by atoms with van der Waals surface area (Å²) in [5.74, 6) is -1.09. The van der Waals surface area contributed by atoms with E-state index >= 15 is 0 Å². The van der Waals surface area contributed by atoms with Gasteiger partial charge >= 0.3 is 0 Å². The average molecular weight is 575 g/mol. The summed E-state index contributed by atoms with van der Waals surface area (Å²) in [6.07, 6.45) is 3.32. The van der Waals surface area contributed by atoms with Crippen molar-refractivity contribution >= 4 is 46.4 Å². The Bertz CT molecular complexity index is 1470. The zero-order chi connectivity index (χ0) is 28.9. The van der Waals surface area contributed by atoms with Gasteiger partial charge in [-0.05, 0) is 49.0 Å². The molecule has 3 N–H and O–H groups in total. The molecule has 0 aliphatic carbocycles. The third-order valence-corrected chi connectivity index (χ3v) is 7.49. The second-order valence-corrected chi connectivity index (χ2v) is 10.5. The zero-order valence-corrected chi connectivity index (χ0v) is 23.4. The van der Waals surface area contributed by atoms with Gasteiger partial charge in [-0.25, -0.2) is 4.98 Å². The van der Waals surface area contributed by atoms with Crippen LogP contribution in [0.3, 0.4) is 0 Å². The molecule has 5 rings (SSSR count). The molecule has 2 aliphatic rings. The van der Waals surface area contributed by atoms with Crippen molar-refractivity contribution in [3.63, 3.8) is 0 Å². The summed E-state index contributed by atoms with van der Waals surface area (Å²) in [6, 6.07) is 14.2. The summed E-state index contributed by atoms with van der Waals surface area (Å²) in [5.41, 5.74) is 1.68. The Hall–Kier alpha value is -4.25. The van der Waals surface area contributed by atoms with Crippen molar-refractivity contribution in [1.82, 2.24) is 19.7 Å². The third-order valence-electron chi connectivity index (χ3n) is 7.27. The molecule has 1 aromatic heterocycles. The van der Waals surface area contributed by atoms with E-state index in [1.807, 2.05) is 11.0 Å². The van der Waals surface area contributed by atoms with Gasteiger partial charge in [-0.2, -0.15) is 0 Å². The molecule has 11 heteroatoms. The fraction of sp³-hybridized carbons (Fsp3) is 0.267. The van der Waals surface area contributed by atoms with E-state index in [4.69, 9.17) is 11.6 Å². The van der Waals surface area contributed by atoms with Crippen LogP contribution in [0.1, 0.15) is 26.3 Å². The zero-order valence-electron chi connectivity index (χ0n) is 22.6. The first-order chi connectivity index (χ1) is 19.8. The molecule has 0 unspecified atom stereocenters. The Morgan fingerprint density at radius 1 is 0.951 bits per heavy atom. The molecule has 3 aromatic rings. The van der Waals surface area contributed by atoms with Crippen molar-refractivity contribution in [1.29, 1.82) is 0 Å². The lowest BCUT2D eigenvalue weighted by molar-refractivity contribution is -0.123. The molecule has 1 fully saturated rings. The van der Waals surface area contributed by atoms with Crippen molar-refractivity contribution in [3.05, 3.63) is 88.6 Å². The minimum absolute atomic E-state index is 0.0173. The average Bonchev–Trinajstić information content (AvgIpc) is 3.34. The first-order valence-corrected chi connectivity index (χ1v) is 13.7. The number of benzene rings is 2. The summed E-state index contributed by atoms with van der Waals surface area (Å²) < 4.78 is 0. The molecule has 3 heterocycles. The number of rotatable bonds is 8. The lowest BCUT2D eigenvalue weighted by Gasteiger charge is -2.33. The van der Waals surface area contributed by atoms with E-state index in [1.54, 1.807) is 36.4 Å². The van der Waals surface area contributed by atoms with E-state index < -0.39 is 11.8 Å². The Morgan fingerprint density at radius 3 is 2.41 bits per heavy atom. The number of piperazine rings is 1. The van der Waals surface area contributed by atoms with Gasteiger partial charge in [-0.3, -0.25) is 19.3 Å². The van der Waals surface area contributed by atoms with E-state index in [0.717, 1.165) is 38.3 Å². The molecule has 0 radical (unpaired) electrons. The van der Waals surface area contributed by atoms with Gasteiger partial charge in [0.05, 0.1) is 16.3 Å². The largest absolute Gasteiger partial charge is 0.506 e. The second kappa shape index (κ2) is 12.5. The highest BCUT2D eigenvalue weighted by Gasteiger charge is 2.26. The molecule has 2 aliphatic heterocycles. The van der Waals surface area contributed by atoms with Gasteiger partial charge in [0.2, 0.25) is 0 Å². The maximum atomic E-state index is 13.1. The van der Waals surface area contributed by atoms with E-state index in [-0.39, 0.29) is 28.7 Å². The summed E-state index contributed by atoms with van der Waals surface area (Å²) in [4.78, 5) is 49.6. The monoisotopic (exact) mass is 574 g/mol. The lowest BCUT2D eigenvalue weighted by Crippen LogP contribution is -2.47. The van der Waals surface area contributed by atoms with Gasteiger partial charge in [0.1, 0.15) is 11.6 Å². The van der Waals surface area contributed by atoms with Crippen molar-refractivity contribution < 1.29 is 19.5 Å². The molecule has 212 valence electrons. The van der Waals surface area contributed by atoms with Crippen LogP contribution in [-0.2, 0) is 4.79 Å². The van der Waals surface area contributed by atoms with Crippen LogP contribution < -0.4 is 10.6 Å². The standard InChI is InChI=1S/C30H31ClN6O4/c1-35-13-15-36(16-14-35)17-18-37-12-11-23(30(37)41)20-5-7-21(8-6-20)28(39)34-27-24(3-2-4-25(27)38)29(40)33-26-10-9-22(31)19-32-26/h2-11,19,38H,12-18H2,1H3,(H,34,39)(H,32,33,40). The van der Waals surface area contributed by atoms with Crippen LogP contribution in [0.25, 0.3) is 5.57 Å². The van der Waals surface area contributed by atoms with Crippen LogP contribution in [0.2, 0.25) is 5.02 Å². The molecule has 41 heavy (non-hydrogen) atoms. The minimum atomic E-state index is -0.565. The first-order valence-electron chi connectivity index (χ1n) is 13.4. The summed E-state index contributed by atoms with van der Waals surface area (Å²) >= 11 is 5.85. The molecule has 0 bridgehead atoms. The number of hydrogen-bond donors (Lipinski definition) is 3. The summed E-state index contributed by atoms with van der Waals surface area (Å²) in [5, 5.41) is 16.1. The number of likely N-dealkylation sites (N-methyl/N-ethyl adjacent to an activating group) is 1. The fourth-order valence-electron chi connectivity index (χ4n) is 4.79. The third kappa shape index (κ3) is 6.74. The molecular weight excluding hydrogens is 544 g/mol. The highest BCUT2D eigenvalue weighted by atomic mass is 35.5. The Labute approximate surface area is 243 Å². The summed E-state index contributed by atoms with van der Waals surface area (Å²) in [7, 11) is 2.12. The van der Waals surface area contributed by atoms with Crippen LogP contribution in [0.15, 0.2) is 66.9 Å². The second-order valence-electron chi connectivity index (χ2n) is 10.1. The molecule has 3 amide bonds. The van der Waals surface area contributed by atoms with E-state index in [1.165, 1.54) is 24.4 Å². The Kier molecular flexibility index (Phi) is 8.63. The number of aromatic nitrogens is 1. The number of aromatic hydroxyl groups is 1. The van der Waals surface area contributed by atoms with Gasteiger partial charge in [0.25, 0.3) is 17.7 Å². The maximum absolute atomic E-state index is 13.1. The number of para-hydroxylation sites is 1. The number of carbonyl (C=O) groups is 3. The van der Waals surface area contributed by atoms with Gasteiger partial charge in [-0.1, -0.05) is 35.9 Å². The minimum Gasteiger partial charge on any atom is -0.506 e. The number of hydrogen-bond acceptors (Lipinski definition) is 7. The molecule has 0 atom stereocenters. The first kappa shape index (κ1) is 28.3. The van der Waals surface area contributed by atoms with Crippen LogP contribution >= 0.6 is 11.6 Å². The fourth-order valence-corrected chi connectivity index (χ4v) is 4.90. The van der Waals surface area contributed by atoms with Crippen molar-refractivity contribution in [2.24, 2.45) is 0 Å². The Morgan fingerprint density at radius 2 is 1.71 bits per heavy atom. The number of nitrogens with one attached hydrogen (secondary N) is 2. The van der Waals surface area contributed by atoms with Crippen molar-refractivity contribution in [2.45, 2.75) is 0 Å². The number of anilines is 2. The van der Waals surface area contributed by atoms with Crippen LogP contribution in [0, 0.1) is 0 Å². The smallest absolute Gasteiger partial charge is 0.259 e. The van der Waals surface area contributed by atoms with Crippen molar-refractivity contribution in [3.8, 4) is 5.75 Å². The number of phenols is 1. The van der Waals surface area contributed by atoms with Crippen molar-refractivity contribution in [2.75, 3.05) is 63.5 Å². The maximum Gasteiger partial charge on any atom is 0.259 e. The highest BCUT2D eigenvalue weighted by Crippen LogP contribution is 2.29. The molecule has 10 nitrogen and oxygen atoms in total. The van der Waals surface area contributed by atoms with Gasteiger partial charge in [0, 0.05) is 63.1 Å². The lowest BCUT2D eigenvalue weighted by atomic mass is 10.0. The summed E-state index contributed by atoms with van der Waals surface area (Å²) in [6.45, 7) is 6.18.